The summed E-state index contributed by atoms with van der Waals surface area (Å²) in [6, 6.07) is 0. The highest BCUT2D eigenvalue weighted by molar-refractivity contribution is 9.10. The fourth-order valence-corrected chi connectivity index (χ4v) is 1.67. The molecule has 0 aromatic carbocycles. The first-order valence-electron chi connectivity index (χ1n) is 3.37. The Labute approximate surface area is 86.7 Å². The summed E-state index contributed by atoms with van der Waals surface area (Å²) < 4.78 is 2.24. The molecule has 2 aromatic heterocycles. The first kappa shape index (κ1) is 8.65. The van der Waals surface area contributed by atoms with Crippen LogP contribution in [0.15, 0.2) is 17.0 Å². The van der Waals surface area contributed by atoms with Crippen molar-refractivity contribution in [3.63, 3.8) is 0 Å². The van der Waals surface area contributed by atoms with Gasteiger partial charge in [-0.05, 0) is 15.9 Å². The van der Waals surface area contributed by atoms with Crippen molar-refractivity contribution in [2.24, 2.45) is 0 Å². The van der Waals surface area contributed by atoms with Gasteiger partial charge in [0.1, 0.15) is 10.3 Å². The molecule has 2 aromatic rings. The summed E-state index contributed by atoms with van der Waals surface area (Å²) in [6.45, 7) is 0. The molecular weight excluding hydrogens is 257 g/mol. The fourth-order valence-electron chi connectivity index (χ4n) is 1.01. The third kappa shape index (κ3) is 1.24. The molecule has 0 atom stereocenters. The highest BCUT2D eigenvalue weighted by atomic mass is 79.9. The predicted molar refractivity (Wildman–Crippen MR) is 51.1 cm³/mol. The maximum absolute atomic E-state index is 10.5. The van der Waals surface area contributed by atoms with Crippen LogP contribution >= 0.6 is 27.5 Å². The molecule has 0 aliphatic carbocycles. The van der Waals surface area contributed by atoms with E-state index in [-0.39, 0.29) is 5.15 Å². The molecule has 0 bridgehead atoms. The van der Waals surface area contributed by atoms with Crippen LogP contribution in [0.2, 0.25) is 5.15 Å². The molecule has 0 saturated carbocycles. The maximum Gasteiger partial charge on any atom is 0.176 e. The van der Waals surface area contributed by atoms with Crippen molar-refractivity contribution in [2.75, 3.05) is 0 Å². The van der Waals surface area contributed by atoms with Crippen molar-refractivity contribution in [1.82, 2.24) is 14.4 Å². The molecule has 2 rings (SSSR count). The second-order valence-electron chi connectivity index (χ2n) is 2.32. The number of rotatable bonds is 1. The highest BCUT2D eigenvalue weighted by Crippen LogP contribution is 2.20. The second kappa shape index (κ2) is 3.08. The molecule has 2 heterocycles. The van der Waals surface area contributed by atoms with Gasteiger partial charge in [-0.15, -0.1) is 0 Å². The highest BCUT2D eigenvalue weighted by Gasteiger charge is 2.10. The number of halogens is 2. The van der Waals surface area contributed by atoms with Gasteiger partial charge in [-0.1, -0.05) is 11.6 Å². The van der Waals surface area contributed by atoms with Crippen molar-refractivity contribution >= 4 is 39.5 Å². The van der Waals surface area contributed by atoms with Crippen LogP contribution in [0.3, 0.4) is 0 Å². The summed E-state index contributed by atoms with van der Waals surface area (Å²) in [4.78, 5) is 18.4. The monoisotopic (exact) mass is 259 g/mol. The normalized spacial score (nSPS) is 10.6. The Kier molecular flexibility index (Phi) is 2.05. The molecule has 6 heteroatoms. The third-order valence-electron chi connectivity index (χ3n) is 1.58. The Morgan fingerprint density at radius 1 is 1.62 bits per heavy atom. The Morgan fingerprint density at radius 3 is 3.00 bits per heavy atom. The Hall–Kier alpha value is -0.940. The van der Waals surface area contributed by atoms with Gasteiger partial charge in [0.15, 0.2) is 17.1 Å². The molecule has 0 aliphatic rings. The van der Waals surface area contributed by atoms with E-state index in [1.54, 1.807) is 10.6 Å². The minimum absolute atomic E-state index is 0.274. The summed E-state index contributed by atoms with van der Waals surface area (Å²) in [5.74, 6) is 0. The number of imidazole rings is 1. The average Bonchev–Trinajstić information content (AvgIpc) is 2.45. The quantitative estimate of drug-likeness (QED) is 0.736. The lowest BCUT2D eigenvalue weighted by Crippen LogP contribution is -1.86. The molecule has 4 nitrogen and oxygen atoms in total. The summed E-state index contributed by atoms with van der Waals surface area (Å²) in [7, 11) is 0. The zero-order valence-electron chi connectivity index (χ0n) is 6.24. The molecule has 0 N–H and O–H groups in total. The van der Waals surface area contributed by atoms with E-state index >= 15 is 0 Å². The summed E-state index contributed by atoms with van der Waals surface area (Å²) in [5.41, 5.74) is 0.785. The standard InChI is InChI=1S/C7H3BrClN3O/c8-5-4(3-13)11-7-6(9)10-1-2-12(5)7/h1-3H. The van der Waals surface area contributed by atoms with Crippen LogP contribution in [0.1, 0.15) is 10.5 Å². The van der Waals surface area contributed by atoms with Gasteiger partial charge < -0.3 is 0 Å². The zero-order chi connectivity index (χ0) is 9.42. The van der Waals surface area contributed by atoms with Gasteiger partial charge in [-0.25, -0.2) is 9.97 Å². The van der Waals surface area contributed by atoms with Gasteiger partial charge in [0.2, 0.25) is 0 Å². The van der Waals surface area contributed by atoms with Crippen LogP contribution in [0, 0.1) is 0 Å². The predicted octanol–water partition coefficient (Wildman–Crippen LogP) is 1.96. The summed E-state index contributed by atoms with van der Waals surface area (Å²) in [6.07, 6.45) is 3.87. The van der Waals surface area contributed by atoms with Crippen molar-refractivity contribution in [1.29, 1.82) is 0 Å². The lowest BCUT2D eigenvalue weighted by Gasteiger charge is -1.93. The van der Waals surface area contributed by atoms with Gasteiger partial charge in [-0.3, -0.25) is 9.20 Å². The van der Waals surface area contributed by atoms with E-state index < -0.39 is 0 Å². The van der Waals surface area contributed by atoms with Crippen LogP contribution in [-0.4, -0.2) is 20.7 Å². The molecule has 0 aliphatic heterocycles. The van der Waals surface area contributed by atoms with Crippen LogP contribution in [0.4, 0.5) is 0 Å². The van der Waals surface area contributed by atoms with E-state index in [9.17, 15) is 4.79 Å². The molecule has 0 unspecified atom stereocenters. The molecule has 0 spiro atoms. The van der Waals surface area contributed by atoms with E-state index in [2.05, 4.69) is 25.9 Å². The largest absolute Gasteiger partial charge is 0.296 e. The lowest BCUT2D eigenvalue weighted by atomic mass is 10.5. The number of carbonyl (C=O) groups excluding carboxylic acids is 1. The molecule has 0 radical (unpaired) electrons. The van der Waals surface area contributed by atoms with E-state index in [1.165, 1.54) is 6.20 Å². The average molecular weight is 260 g/mol. The number of fused-ring (bicyclic) bond motifs is 1. The van der Waals surface area contributed by atoms with E-state index in [0.717, 1.165) is 0 Å². The topological polar surface area (TPSA) is 47.3 Å². The smallest absolute Gasteiger partial charge is 0.176 e. The first-order valence-corrected chi connectivity index (χ1v) is 4.54. The first-order chi connectivity index (χ1) is 6.24. The van der Waals surface area contributed by atoms with Crippen LogP contribution in [0.25, 0.3) is 5.65 Å². The van der Waals surface area contributed by atoms with Gasteiger partial charge in [-0.2, -0.15) is 0 Å². The van der Waals surface area contributed by atoms with Crippen LogP contribution in [0.5, 0.6) is 0 Å². The number of aromatic nitrogens is 3. The Balaban J connectivity index is 2.91. The molecule has 13 heavy (non-hydrogen) atoms. The molecule has 0 amide bonds. The summed E-state index contributed by atoms with van der Waals surface area (Å²) in [5, 5.41) is 0.274. The van der Waals surface area contributed by atoms with E-state index in [0.29, 0.717) is 22.2 Å². The molecule has 0 fully saturated rings. The lowest BCUT2D eigenvalue weighted by molar-refractivity contribution is 0.111. The van der Waals surface area contributed by atoms with Gasteiger partial charge in [0.05, 0.1) is 0 Å². The molecule has 0 saturated heterocycles. The minimum Gasteiger partial charge on any atom is -0.296 e. The van der Waals surface area contributed by atoms with Crippen LogP contribution < -0.4 is 0 Å². The van der Waals surface area contributed by atoms with Crippen molar-refractivity contribution < 1.29 is 4.79 Å². The van der Waals surface area contributed by atoms with Gasteiger partial charge >= 0.3 is 0 Å². The van der Waals surface area contributed by atoms with Crippen molar-refractivity contribution in [3.8, 4) is 0 Å². The molecule has 66 valence electrons. The Bertz CT molecular complexity index is 482. The molecular formula is C7H3BrClN3O. The Morgan fingerprint density at radius 2 is 2.38 bits per heavy atom. The SMILES string of the molecule is O=Cc1nc2c(Cl)nccn2c1Br. The number of nitrogens with zero attached hydrogens (tertiary/aromatic N) is 3. The zero-order valence-corrected chi connectivity index (χ0v) is 8.58. The third-order valence-corrected chi connectivity index (χ3v) is 2.63. The summed E-state index contributed by atoms with van der Waals surface area (Å²) >= 11 is 9.00. The minimum atomic E-state index is 0.274. The maximum atomic E-state index is 10.5. The number of aldehydes is 1. The van der Waals surface area contributed by atoms with Crippen molar-refractivity contribution in [2.45, 2.75) is 0 Å². The van der Waals surface area contributed by atoms with Gasteiger partial charge in [0, 0.05) is 12.4 Å². The number of hydrogen-bond donors (Lipinski definition) is 0. The van der Waals surface area contributed by atoms with Gasteiger partial charge in [0.25, 0.3) is 0 Å². The van der Waals surface area contributed by atoms with E-state index in [1.807, 2.05) is 0 Å². The number of carbonyl (C=O) groups is 1. The second-order valence-corrected chi connectivity index (χ2v) is 3.43. The van der Waals surface area contributed by atoms with Crippen LogP contribution in [-0.2, 0) is 0 Å². The van der Waals surface area contributed by atoms with Crippen molar-refractivity contribution in [3.05, 3.63) is 27.8 Å². The van der Waals surface area contributed by atoms with E-state index in [4.69, 9.17) is 11.6 Å². The number of hydrogen-bond acceptors (Lipinski definition) is 3. The fraction of sp³-hybridized carbons (Fsp3) is 0.